The number of para-hydroxylation sites is 4. The molecular weight excluding hydrogens is 466 g/mol. The quantitative estimate of drug-likeness (QED) is 0.392. The summed E-state index contributed by atoms with van der Waals surface area (Å²) < 4.78 is 11.3. The van der Waals surface area contributed by atoms with Gasteiger partial charge in [-0.1, -0.05) is 54.1 Å². The van der Waals surface area contributed by atoms with Crippen LogP contribution in [0.5, 0.6) is 5.75 Å². The molecule has 1 aliphatic heterocycles. The van der Waals surface area contributed by atoms with Crippen LogP contribution in [0.2, 0.25) is 0 Å². The van der Waals surface area contributed by atoms with Crippen molar-refractivity contribution in [3.05, 3.63) is 111 Å². The van der Waals surface area contributed by atoms with Crippen LogP contribution in [0.15, 0.2) is 82.4 Å². The van der Waals surface area contributed by atoms with Gasteiger partial charge in [-0.15, -0.1) is 0 Å². The van der Waals surface area contributed by atoms with Crippen LogP contribution in [0.4, 0.5) is 0 Å². The lowest BCUT2D eigenvalue weighted by molar-refractivity contribution is 0.220. The van der Waals surface area contributed by atoms with Gasteiger partial charge in [-0.2, -0.15) is 0 Å². The van der Waals surface area contributed by atoms with Gasteiger partial charge in [-0.3, -0.25) is 13.9 Å². The van der Waals surface area contributed by atoms with Crippen LogP contribution >= 0.6 is 0 Å². The number of ether oxygens (including phenoxy) is 1. The molecule has 182 valence electrons. The van der Waals surface area contributed by atoms with E-state index >= 15 is 0 Å². The third-order valence-electron chi connectivity index (χ3n) is 7.19. The highest BCUT2D eigenvalue weighted by Gasteiger charge is 2.37. The van der Waals surface area contributed by atoms with Gasteiger partial charge in [0.15, 0.2) is 11.9 Å². The second-order valence-electron chi connectivity index (χ2n) is 9.47. The second kappa shape index (κ2) is 7.57. The standard InChI is InChI=1S/C29H23N5O3/c1-16-12-14-17(15-13-16)23-22-24(32(2)29(36)33(3)28(22)35)25-26(27-30-18-8-4-5-9-19(18)31-27)37-21-11-7-6-10-20(21)34(23)25/h4-15,26H,1-3H3,(H,30,31). The Hall–Kier alpha value is -4.85. The monoisotopic (exact) mass is 489 g/mol. The largest absolute Gasteiger partial charge is 0.474 e. The summed E-state index contributed by atoms with van der Waals surface area (Å²) in [6.07, 6.45) is -0.679. The van der Waals surface area contributed by atoms with Crippen molar-refractivity contribution in [2.75, 3.05) is 0 Å². The molecule has 0 amide bonds. The van der Waals surface area contributed by atoms with E-state index in [1.165, 1.54) is 11.6 Å². The van der Waals surface area contributed by atoms with E-state index < -0.39 is 11.8 Å². The summed E-state index contributed by atoms with van der Waals surface area (Å²) in [6, 6.07) is 23.6. The average molecular weight is 490 g/mol. The van der Waals surface area contributed by atoms with Gasteiger partial charge in [-0.05, 0) is 36.8 Å². The fraction of sp³-hybridized carbons (Fsp3) is 0.138. The zero-order valence-electron chi connectivity index (χ0n) is 20.5. The smallest absolute Gasteiger partial charge is 0.331 e. The van der Waals surface area contributed by atoms with Crippen molar-refractivity contribution in [3.63, 3.8) is 0 Å². The molecule has 0 saturated heterocycles. The zero-order valence-corrected chi connectivity index (χ0v) is 20.5. The molecule has 0 radical (unpaired) electrons. The Bertz CT molecular complexity index is 1960. The van der Waals surface area contributed by atoms with Gasteiger partial charge in [0.05, 0.1) is 39.0 Å². The molecule has 3 aromatic heterocycles. The molecular formula is C29H23N5O3. The summed E-state index contributed by atoms with van der Waals surface area (Å²) >= 11 is 0. The molecule has 0 aliphatic carbocycles. The van der Waals surface area contributed by atoms with E-state index in [1.807, 2.05) is 79.7 Å². The highest BCUT2D eigenvalue weighted by molar-refractivity contribution is 5.98. The van der Waals surface area contributed by atoms with Crippen molar-refractivity contribution in [1.82, 2.24) is 23.7 Å². The number of benzene rings is 3. The maximum absolute atomic E-state index is 13.7. The van der Waals surface area contributed by atoms with Crippen molar-refractivity contribution < 1.29 is 4.74 Å². The van der Waals surface area contributed by atoms with Crippen LogP contribution < -0.4 is 16.0 Å². The Kier molecular flexibility index (Phi) is 4.39. The number of H-pyrrole nitrogens is 1. The van der Waals surface area contributed by atoms with E-state index in [0.717, 1.165) is 38.1 Å². The lowest BCUT2D eigenvalue weighted by Gasteiger charge is -2.28. The van der Waals surface area contributed by atoms with Gasteiger partial charge in [0.25, 0.3) is 5.56 Å². The molecule has 0 spiro atoms. The van der Waals surface area contributed by atoms with Crippen molar-refractivity contribution >= 4 is 21.9 Å². The number of aryl methyl sites for hydroxylation is 2. The van der Waals surface area contributed by atoms with Crippen LogP contribution in [-0.4, -0.2) is 23.7 Å². The van der Waals surface area contributed by atoms with E-state index in [-0.39, 0.29) is 5.56 Å². The third-order valence-corrected chi connectivity index (χ3v) is 7.19. The minimum atomic E-state index is -0.679. The predicted octanol–water partition coefficient (Wildman–Crippen LogP) is 4.36. The summed E-state index contributed by atoms with van der Waals surface area (Å²) in [5, 5.41) is 0.463. The number of hydrogen-bond acceptors (Lipinski definition) is 4. The fourth-order valence-corrected chi connectivity index (χ4v) is 5.38. The molecule has 1 N–H and O–H groups in total. The van der Waals surface area contributed by atoms with Gasteiger partial charge in [0, 0.05) is 14.1 Å². The molecule has 1 unspecified atom stereocenters. The van der Waals surface area contributed by atoms with Crippen LogP contribution in [0, 0.1) is 6.92 Å². The maximum atomic E-state index is 13.7. The van der Waals surface area contributed by atoms with E-state index in [2.05, 4.69) is 9.55 Å². The lowest BCUT2D eigenvalue weighted by Crippen LogP contribution is -2.37. The summed E-state index contributed by atoms with van der Waals surface area (Å²) in [4.78, 5) is 35.1. The number of hydrogen-bond donors (Lipinski definition) is 1. The van der Waals surface area contributed by atoms with Crippen LogP contribution in [0.1, 0.15) is 23.2 Å². The number of nitrogens with zero attached hydrogens (tertiary/aromatic N) is 4. The first-order chi connectivity index (χ1) is 17.9. The van der Waals surface area contributed by atoms with Crippen molar-refractivity contribution in [2.24, 2.45) is 14.1 Å². The molecule has 1 atom stereocenters. The molecule has 7 rings (SSSR count). The Morgan fingerprint density at radius 1 is 0.892 bits per heavy atom. The minimum absolute atomic E-state index is 0.351. The molecule has 6 aromatic rings. The van der Waals surface area contributed by atoms with Crippen LogP contribution in [-0.2, 0) is 14.1 Å². The SMILES string of the molecule is Cc1ccc(-c2c3c(=O)n(C)c(=O)n(C)c3c3n2-c2ccccc2OC3c2nc3ccccc3[nH]2)cc1. The normalized spacial score (nSPS) is 14.5. The van der Waals surface area contributed by atoms with Crippen LogP contribution in [0.3, 0.4) is 0 Å². The summed E-state index contributed by atoms with van der Waals surface area (Å²) in [5.74, 6) is 1.26. The molecule has 8 heteroatoms. The zero-order chi connectivity index (χ0) is 25.4. The van der Waals surface area contributed by atoms with Gasteiger partial charge < -0.3 is 14.3 Å². The minimum Gasteiger partial charge on any atom is -0.474 e. The predicted molar refractivity (Wildman–Crippen MR) is 142 cm³/mol. The summed E-state index contributed by atoms with van der Waals surface area (Å²) in [6.45, 7) is 2.03. The highest BCUT2D eigenvalue weighted by Crippen LogP contribution is 2.46. The van der Waals surface area contributed by atoms with Crippen molar-refractivity contribution in [1.29, 1.82) is 0 Å². The molecule has 8 nitrogen and oxygen atoms in total. The topological polar surface area (TPSA) is 86.8 Å². The van der Waals surface area contributed by atoms with Crippen molar-refractivity contribution in [2.45, 2.75) is 13.0 Å². The molecule has 3 aromatic carbocycles. The Balaban J connectivity index is 1.69. The van der Waals surface area contributed by atoms with Crippen LogP contribution in [0.25, 0.3) is 38.9 Å². The first-order valence-corrected chi connectivity index (χ1v) is 12.1. The molecule has 1 aliphatic rings. The molecule has 37 heavy (non-hydrogen) atoms. The highest BCUT2D eigenvalue weighted by atomic mass is 16.5. The van der Waals surface area contributed by atoms with Gasteiger partial charge >= 0.3 is 5.69 Å². The average Bonchev–Trinajstić information content (AvgIpc) is 3.51. The van der Waals surface area contributed by atoms with E-state index in [0.29, 0.717) is 28.2 Å². The maximum Gasteiger partial charge on any atom is 0.331 e. The summed E-state index contributed by atoms with van der Waals surface area (Å²) in [7, 11) is 3.21. The molecule has 4 heterocycles. The number of imidazole rings is 1. The first-order valence-electron chi connectivity index (χ1n) is 12.1. The van der Waals surface area contributed by atoms with E-state index in [4.69, 9.17) is 9.72 Å². The number of rotatable bonds is 2. The van der Waals surface area contributed by atoms with Crippen molar-refractivity contribution in [3.8, 4) is 22.7 Å². The summed E-state index contributed by atoms with van der Waals surface area (Å²) in [5.41, 5.74) is 5.66. The van der Waals surface area contributed by atoms with Gasteiger partial charge in [-0.25, -0.2) is 9.78 Å². The Morgan fingerprint density at radius 3 is 2.41 bits per heavy atom. The number of aromatic nitrogens is 5. The number of nitrogens with one attached hydrogen (secondary N) is 1. The lowest BCUT2D eigenvalue weighted by atomic mass is 10.1. The first kappa shape index (κ1) is 21.4. The number of aromatic amines is 1. The molecule has 0 bridgehead atoms. The molecule has 0 saturated carbocycles. The molecule has 0 fully saturated rings. The van der Waals surface area contributed by atoms with Gasteiger partial charge in [0.2, 0.25) is 0 Å². The second-order valence-corrected chi connectivity index (χ2v) is 9.47. The number of fused-ring (bicyclic) bond motifs is 6. The third kappa shape index (κ3) is 2.92. The van der Waals surface area contributed by atoms with Gasteiger partial charge in [0.1, 0.15) is 5.75 Å². The van der Waals surface area contributed by atoms with E-state index in [1.54, 1.807) is 7.05 Å². The Labute approximate surface area is 211 Å². The Morgan fingerprint density at radius 2 is 1.62 bits per heavy atom. The van der Waals surface area contributed by atoms with E-state index in [9.17, 15) is 9.59 Å². The fourth-order valence-electron chi connectivity index (χ4n) is 5.38.